The number of benzene rings is 1. The molecule has 1 aromatic carbocycles. The minimum atomic E-state index is 0.0287. The molecule has 9 heteroatoms. The van der Waals surface area contributed by atoms with Crippen molar-refractivity contribution >= 4 is 34.1 Å². The molecule has 1 aliphatic rings. The number of anilines is 3. The number of nitrogens with one attached hydrogen (secondary N) is 3. The first kappa shape index (κ1) is 14.6. The third-order valence-corrected chi connectivity index (χ3v) is 4.23. The number of hydrogen-bond acceptors (Lipinski definition) is 7. The quantitative estimate of drug-likeness (QED) is 0.521. The summed E-state index contributed by atoms with van der Waals surface area (Å²) in [6, 6.07) is 5.85. The van der Waals surface area contributed by atoms with Gasteiger partial charge in [-0.25, -0.2) is 15.0 Å². The number of carbonyl (C=O) groups is 1. The van der Waals surface area contributed by atoms with Crippen LogP contribution < -0.4 is 10.6 Å². The van der Waals surface area contributed by atoms with Crippen LogP contribution in [0.15, 0.2) is 41.5 Å². The minimum Gasteiger partial charge on any atom is -0.451 e. The molecule has 128 valence electrons. The van der Waals surface area contributed by atoms with E-state index in [1.807, 2.05) is 18.2 Å². The highest BCUT2D eigenvalue weighted by Gasteiger charge is 2.16. The van der Waals surface area contributed by atoms with E-state index in [1.54, 1.807) is 6.20 Å². The number of amides is 1. The molecule has 0 saturated carbocycles. The maximum absolute atomic E-state index is 11.6. The third kappa shape index (κ3) is 2.46. The normalized spacial score (nSPS) is 13.5. The molecule has 0 aliphatic carbocycles. The predicted octanol–water partition coefficient (Wildman–Crippen LogP) is 2.64. The second-order valence-corrected chi connectivity index (χ2v) is 5.94. The van der Waals surface area contributed by atoms with Gasteiger partial charge in [0.15, 0.2) is 18.0 Å². The van der Waals surface area contributed by atoms with Crippen molar-refractivity contribution in [3.63, 3.8) is 0 Å². The first-order valence-electron chi connectivity index (χ1n) is 8.06. The fraction of sp³-hybridized carbons (Fsp3) is 0.118. The molecule has 0 atom stereocenters. The van der Waals surface area contributed by atoms with Crippen molar-refractivity contribution in [2.24, 2.45) is 0 Å². The summed E-state index contributed by atoms with van der Waals surface area (Å²) < 4.78 is 5.02. The Bertz CT molecular complexity index is 1120. The topological polar surface area (TPSA) is 122 Å². The first-order valence-corrected chi connectivity index (χ1v) is 8.06. The van der Waals surface area contributed by atoms with E-state index in [2.05, 4.69) is 35.8 Å². The number of aromatic amines is 1. The van der Waals surface area contributed by atoms with Crippen molar-refractivity contribution in [1.29, 1.82) is 0 Å². The summed E-state index contributed by atoms with van der Waals surface area (Å²) in [6.45, 7) is 0. The number of oxazole rings is 1. The monoisotopic (exact) mass is 347 g/mol. The molecule has 0 radical (unpaired) electrons. The van der Waals surface area contributed by atoms with E-state index in [1.165, 1.54) is 12.7 Å². The second kappa shape index (κ2) is 5.66. The van der Waals surface area contributed by atoms with Crippen LogP contribution in [0.1, 0.15) is 12.0 Å². The molecule has 0 fully saturated rings. The Labute approximate surface area is 146 Å². The van der Waals surface area contributed by atoms with Gasteiger partial charge >= 0.3 is 0 Å². The van der Waals surface area contributed by atoms with Crippen LogP contribution in [0.4, 0.5) is 17.2 Å². The fourth-order valence-electron chi connectivity index (χ4n) is 2.95. The third-order valence-electron chi connectivity index (χ3n) is 4.23. The first-order chi connectivity index (χ1) is 12.8. The predicted molar refractivity (Wildman–Crippen MR) is 93.9 cm³/mol. The lowest BCUT2D eigenvalue weighted by molar-refractivity contribution is -0.116. The standard InChI is InChI=1S/C17H13N7O2/c25-14-4-2-9-1-3-10(5-11(9)21-14)20-17-15-12(6-19-24-15)22-16(23-17)13-7-26-8-18-13/h1,3,5-8H,2,4H2,(H,19,24)(H,21,25)(H,20,22,23). The summed E-state index contributed by atoms with van der Waals surface area (Å²) in [4.78, 5) is 24.7. The number of nitrogens with zero attached hydrogens (tertiary/aromatic N) is 4. The van der Waals surface area contributed by atoms with E-state index in [0.29, 0.717) is 34.8 Å². The van der Waals surface area contributed by atoms with Crippen LogP contribution in [0.5, 0.6) is 0 Å². The molecule has 4 heterocycles. The molecule has 4 aromatic rings. The highest BCUT2D eigenvalue weighted by molar-refractivity contribution is 5.95. The van der Waals surface area contributed by atoms with Crippen molar-refractivity contribution in [3.8, 4) is 11.5 Å². The lowest BCUT2D eigenvalue weighted by Crippen LogP contribution is -2.18. The van der Waals surface area contributed by atoms with Gasteiger partial charge in [0.2, 0.25) is 5.91 Å². The Morgan fingerprint density at radius 3 is 3.04 bits per heavy atom. The Balaban J connectivity index is 1.56. The van der Waals surface area contributed by atoms with Crippen molar-refractivity contribution < 1.29 is 9.21 Å². The summed E-state index contributed by atoms with van der Waals surface area (Å²) >= 11 is 0. The Hall–Kier alpha value is -3.75. The molecule has 1 amide bonds. The second-order valence-electron chi connectivity index (χ2n) is 5.94. The summed E-state index contributed by atoms with van der Waals surface area (Å²) in [5.41, 5.74) is 4.61. The van der Waals surface area contributed by atoms with Crippen LogP contribution in [0, 0.1) is 0 Å². The Morgan fingerprint density at radius 2 is 2.15 bits per heavy atom. The van der Waals surface area contributed by atoms with E-state index in [9.17, 15) is 4.79 Å². The van der Waals surface area contributed by atoms with Gasteiger partial charge in [0.25, 0.3) is 0 Å². The molecule has 0 bridgehead atoms. The van der Waals surface area contributed by atoms with Crippen LogP contribution in [-0.2, 0) is 11.2 Å². The molecule has 5 rings (SSSR count). The number of aryl methyl sites for hydroxylation is 1. The van der Waals surface area contributed by atoms with E-state index >= 15 is 0 Å². The van der Waals surface area contributed by atoms with Crippen LogP contribution in [0.25, 0.3) is 22.6 Å². The number of hydrogen-bond donors (Lipinski definition) is 3. The van der Waals surface area contributed by atoms with Crippen molar-refractivity contribution in [3.05, 3.63) is 42.6 Å². The maximum Gasteiger partial charge on any atom is 0.224 e. The number of aromatic nitrogens is 5. The van der Waals surface area contributed by atoms with E-state index in [0.717, 1.165) is 23.4 Å². The fourth-order valence-corrected chi connectivity index (χ4v) is 2.95. The van der Waals surface area contributed by atoms with Gasteiger partial charge in [-0.2, -0.15) is 5.10 Å². The van der Waals surface area contributed by atoms with Crippen LogP contribution in [0.3, 0.4) is 0 Å². The van der Waals surface area contributed by atoms with Gasteiger partial charge in [-0.15, -0.1) is 0 Å². The molecule has 0 saturated heterocycles. The number of rotatable bonds is 3. The summed E-state index contributed by atoms with van der Waals surface area (Å²) in [5.74, 6) is 1.02. The molecule has 3 aromatic heterocycles. The van der Waals surface area contributed by atoms with Gasteiger partial charge < -0.3 is 15.1 Å². The van der Waals surface area contributed by atoms with Gasteiger partial charge in [-0.05, 0) is 24.1 Å². The SMILES string of the molecule is O=C1CCc2ccc(Nc3nc(-c4cocn4)nc4cn[nH]c34)cc2N1. The highest BCUT2D eigenvalue weighted by atomic mass is 16.3. The van der Waals surface area contributed by atoms with Crippen molar-refractivity contribution in [1.82, 2.24) is 25.1 Å². The molecule has 3 N–H and O–H groups in total. The average Bonchev–Trinajstić information content (AvgIpc) is 3.33. The van der Waals surface area contributed by atoms with E-state index in [-0.39, 0.29) is 5.91 Å². The smallest absolute Gasteiger partial charge is 0.224 e. The molecule has 26 heavy (non-hydrogen) atoms. The largest absolute Gasteiger partial charge is 0.451 e. The number of fused-ring (bicyclic) bond motifs is 2. The van der Waals surface area contributed by atoms with Gasteiger partial charge in [-0.3, -0.25) is 9.89 Å². The molecule has 1 aliphatic heterocycles. The van der Waals surface area contributed by atoms with Gasteiger partial charge in [0.1, 0.15) is 23.0 Å². The number of carbonyl (C=O) groups excluding carboxylic acids is 1. The molecule has 0 unspecified atom stereocenters. The van der Waals surface area contributed by atoms with Crippen LogP contribution >= 0.6 is 0 Å². The van der Waals surface area contributed by atoms with Gasteiger partial charge in [0, 0.05) is 17.8 Å². The molecule has 0 spiro atoms. The molecular formula is C17H13N7O2. The van der Waals surface area contributed by atoms with Crippen LogP contribution in [0.2, 0.25) is 0 Å². The van der Waals surface area contributed by atoms with Gasteiger partial charge in [0.05, 0.1) is 6.20 Å². The lowest BCUT2D eigenvalue weighted by atomic mass is 10.0. The van der Waals surface area contributed by atoms with E-state index < -0.39 is 0 Å². The molecular weight excluding hydrogens is 334 g/mol. The lowest BCUT2D eigenvalue weighted by Gasteiger charge is -2.18. The highest BCUT2D eigenvalue weighted by Crippen LogP contribution is 2.29. The number of H-pyrrole nitrogens is 1. The minimum absolute atomic E-state index is 0.0287. The Morgan fingerprint density at radius 1 is 1.19 bits per heavy atom. The van der Waals surface area contributed by atoms with Gasteiger partial charge in [-0.1, -0.05) is 6.07 Å². The average molecular weight is 347 g/mol. The zero-order chi connectivity index (χ0) is 17.5. The van der Waals surface area contributed by atoms with E-state index in [4.69, 9.17) is 4.42 Å². The zero-order valence-corrected chi connectivity index (χ0v) is 13.5. The maximum atomic E-state index is 11.6. The molecule has 9 nitrogen and oxygen atoms in total. The summed E-state index contributed by atoms with van der Waals surface area (Å²) in [6.07, 6.45) is 5.70. The summed E-state index contributed by atoms with van der Waals surface area (Å²) in [7, 11) is 0. The van der Waals surface area contributed by atoms with Crippen molar-refractivity contribution in [2.45, 2.75) is 12.8 Å². The van der Waals surface area contributed by atoms with Crippen LogP contribution in [-0.4, -0.2) is 31.1 Å². The van der Waals surface area contributed by atoms with Crippen molar-refractivity contribution in [2.75, 3.05) is 10.6 Å². The zero-order valence-electron chi connectivity index (χ0n) is 13.5. The Kier molecular flexibility index (Phi) is 3.17. The summed E-state index contributed by atoms with van der Waals surface area (Å²) in [5, 5.41) is 13.1.